The molecule has 0 saturated carbocycles. The van der Waals surface area contributed by atoms with Gasteiger partial charge in [0, 0.05) is 10.5 Å². The van der Waals surface area contributed by atoms with E-state index in [1.54, 1.807) is 6.07 Å². The van der Waals surface area contributed by atoms with Crippen molar-refractivity contribution in [3.8, 4) is 0 Å². The summed E-state index contributed by atoms with van der Waals surface area (Å²) in [4.78, 5) is 0. The van der Waals surface area contributed by atoms with E-state index in [1.807, 2.05) is 25.1 Å². The van der Waals surface area contributed by atoms with Crippen molar-refractivity contribution in [1.82, 2.24) is 0 Å². The summed E-state index contributed by atoms with van der Waals surface area (Å²) < 4.78 is 13.8. The van der Waals surface area contributed by atoms with Gasteiger partial charge in [-0.05, 0) is 36.6 Å². The molecule has 0 bridgehead atoms. The van der Waals surface area contributed by atoms with Gasteiger partial charge in [-0.2, -0.15) is 0 Å². The van der Waals surface area contributed by atoms with Crippen LogP contribution < -0.4 is 5.73 Å². The minimum absolute atomic E-state index is 0.0772. The standard InChI is InChI=1S/C15H15BrFN/c1-10-3-2-4-12(7-10)15(18)8-11-5-6-13(17)9-14(11)16/h2-7,9,15H,8,18H2,1H3. The maximum atomic E-state index is 13.0. The Bertz CT molecular complexity index is 554. The summed E-state index contributed by atoms with van der Waals surface area (Å²) in [6.45, 7) is 2.05. The smallest absolute Gasteiger partial charge is 0.124 e. The molecule has 2 rings (SSSR count). The molecule has 0 aromatic heterocycles. The van der Waals surface area contributed by atoms with Crippen molar-refractivity contribution in [3.05, 3.63) is 69.4 Å². The molecule has 1 unspecified atom stereocenters. The average Bonchev–Trinajstić information content (AvgIpc) is 2.32. The molecule has 2 aromatic rings. The van der Waals surface area contributed by atoms with Gasteiger partial charge in [0.2, 0.25) is 0 Å². The molecule has 0 aliphatic heterocycles. The normalized spacial score (nSPS) is 12.4. The van der Waals surface area contributed by atoms with Crippen molar-refractivity contribution < 1.29 is 4.39 Å². The predicted octanol–water partition coefficient (Wildman–Crippen LogP) is 4.14. The summed E-state index contributed by atoms with van der Waals surface area (Å²) in [5, 5.41) is 0. The Morgan fingerprint density at radius 3 is 2.67 bits per heavy atom. The van der Waals surface area contributed by atoms with Gasteiger partial charge in [-0.3, -0.25) is 0 Å². The molecule has 18 heavy (non-hydrogen) atoms. The lowest BCUT2D eigenvalue weighted by atomic mass is 9.98. The van der Waals surface area contributed by atoms with Gasteiger partial charge in [0.15, 0.2) is 0 Å². The van der Waals surface area contributed by atoms with Crippen molar-refractivity contribution in [2.45, 2.75) is 19.4 Å². The molecule has 3 heteroatoms. The monoisotopic (exact) mass is 307 g/mol. The van der Waals surface area contributed by atoms with Crippen LogP contribution in [0.2, 0.25) is 0 Å². The van der Waals surface area contributed by atoms with Crippen LogP contribution in [0.4, 0.5) is 4.39 Å². The van der Waals surface area contributed by atoms with Crippen LogP contribution in [0, 0.1) is 12.7 Å². The van der Waals surface area contributed by atoms with Gasteiger partial charge in [0.25, 0.3) is 0 Å². The first-order chi connectivity index (χ1) is 8.56. The van der Waals surface area contributed by atoms with Gasteiger partial charge in [-0.1, -0.05) is 51.8 Å². The van der Waals surface area contributed by atoms with Crippen LogP contribution in [0.5, 0.6) is 0 Å². The minimum atomic E-state index is -0.241. The average molecular weight is 308 g/mol. The highest BCUT2D eigenvalue weighted by Crippen LogP contribution is 2.23. The van der Waals surface area contributed by atoms with Gasteiger partial charge in [-0.25, -0.2) is 4.39 Å². The van der Waals surface area contributed by atoms with Crippen LogP contribution in [0.3, 0.4) is 0 Å². The number of aryl methyl sites for hydroxylation is 1. The fourth-order valence-corrected chi connectivity index (χ4v) is 2.46. The lowest BCUT2D eigenvalue weighted by Crippen LogP contribution is -2.13. The zero-order valence-electron chi connectivity index (χ0n) is 10.2. The third kappa shape index (κ3) is 3.18. The van der Waals surface area contributed by atoms with E-state index in [4.69, 9.17) is 5.73 Å². The van der Waals surface area contributed by atoms with Crippen LogP contribution in [0.25, 0.3) is 0 Å². The molecule has 2 aromatic carbocycles. The lowest BCUT2D eigenvalue weighted by molar-refractivity contribution is 0.624. The van der Waals surface area contributed by atoms with E-state index in [2.05, 4.69) is 22.0 Å². The minimum Gasteiger partial charge on any atom is -0.324 e. The molecule has 0 heterocycles. The Morgan fingerprint density at radius 2 is 2.00 bits per heavy atom. The van der Waals surface area contributed by atoms with Gasteiger partial charge in [0.05, 0.1) is 0 Å². The molecule has 0 fully saturated rings. The molecule has 94 valence electrons. The zero-order valence-corrected chi connectivity index (χ0v) is 11.7. The first kappa shape index (κ1) is 13.2. The highest BCUT2D eigenvalue weighted by atomic mass is 79.9. The molecule has 0 saturated heterocycles. The van der Waals surface area contributed by atoms with E-state index >= 15 is 0 Å². The fourth-order valence-electron chi connectivity index (χ4n) is 1.94. The second-order valence-electron chi connectivity index (χ2n) is 4.46. The number of benzene rings is 2. The highest BCUT2D eigenvalue weighted by molar-refractivity contribution is 9.10. The Labute approximate surface area is 115 Å². The molecule has 0 amide bonds. The number of hydrogen-bond acceptors (Lipinski definition) is 1. The summed E-state index contributed by atoms with van der Waals surface area (Å²) in [7, 11) is 0. The molecule has 0 radical (unpaired) electrons. The molecule has 0 spiro atoms. The molecule has 1 nitrogen and oxygen atoms in total. The predicted molar refractivity (Wildman–Crippen MR) is 75.9 cm³/mol. The SMILES string of the molecule is Cc1cccc(C(N)Cc2ccc(F)cc2Br)c1. The van der Waals surface area contributed by atoms with Crippen LogP contribution in [0.15, 0.2) is 46.9 Å². The van der Waals surface area contributed by atoms with Crippen LogP contribution in [-0.2, 0) is 6.42 Å². The summed E-state index contributed by atoms with van der Waals surface area (Å²) in [6, 6.07) is 12.8. The maximum Gasteiger partial charge on any atom is 0.124 e. The van der Waals surface area contributed by atoms with Crippen LogP contribution >= 0.6 is 15.9 Å². The summed E-state index contributed by atoms with van der Waals surface area (Å²) >= 11 is 3.37. The van der Waals surface area contributed by atoms with Crippen molar-refractivity contribution in [2.75, 3.05) is 0 Å². The van der Waals surface area contributed by atoms with Crippen molar-refractivity contribution in [3.63, 3.8) is 0 Å². The summed E-state index contributed by atoms with van der Waals surface area (Å²) in [5.74, 6) is -0.241. The summed E-state index contributed by atoms with van der Waals surface area (Å²) in [6.07, 6.45) is 0.685. The van der Waals surface area contributed by atoms with Gasteiger partial charge >= 0.3 is 0 Å². The Balaban J connectivity index is 2.18. The van der Waals surface area contributed by atoms with E-state index in [0.29, 0.717) is 6.42 Å². The third-order valence-corrected chi connectivity index (χ3v) is 3.66. The second-order valence-corrected chi connectivity index (χ2v) is 5.31. The summed E-state index contributed by atoms with van der Waals surface area (Å²) in [5.41, 5.74) is 9.51. The number of rotatable bonds is 3. The van der Waals surface area contributed by atoms with E-state index in [1.165, 1.54) is 17.7 Å². The molecule has 2 N–H and O–H groups in total. The van der Waals surface area contributed by atoms with E-state index in [9.17, 15) is 4.39 Å². The van der Waals surface area contributed by atoms with Crippen molar-refractivity contribution in [1.29, 1.82) is 0 Å². The Hall–Kier alpha value is -1.19. The second kappa shape index (κ2) is 5.63. The first-order valence-electron chi connectivity index (χ1n) is 5.82. The number of nitrogens with two attached hydrogens (primary N) is 1. The van der Waals surface area contributed by atoms with Gasteiger partial charge in [0.1, 0.15) is 5.82 Å². The van der Waals surface area contributed by atoms with E-state index in [0.717, 1.165) is 15.6 Å². The third-order valence-electron chi connectivity index (χ3n) is 2.93. The Kier molecular flexibility index (Phi) is 4.15. The van der Waals surface area contributed by atoms with Crippen LogP contribution in [-0.4, -0.2) is 0 Å². The first-order valence-corrected chi connectivity index (χ1v) is 6.61. The molecular weight excluding hydrogens is 293 g/mol. The largest absolute Gasteiger partial charge is 0.324 e. The maximum absolute atomic E-state index is 13.0. The fraction of sp³-hybridized carbons (Fsp3) is 0.200. The van der Waals surface area contributed by atoms with Crippen molar-refractivity contribution >= 4 is 15.9 Å². The van der Waals surface area contributed by atoms with Gasteiger partial charge < -0.3 is 5.73 Å². The molecular formula is C15H15BrFN. The lowest BCUT2D eigenvalue weighted by Gasteiger charge is -2.14. The molecule has 0 aliphatic carbocycles. The number of hydrogen-bond donors (Lipinski definition) is 1. The molecule has 1 atom stereocenters. The Morgan fingerprint density at radius 1 is 1.22 bits per heavy atom. The van der Waals surface area contributed by atoms with E-state index in [-0.39, 0.29) is 11.9 Å². The van der Waals surface area contributed by atoms with E-state index < -0.39 is 0 Å². The quantitative estimate of drug-likeness (QED) is 0.906. The van der Waals surface area contributed by atoms with Crippen LogP contribution in [0.1, 0.15) is 22.7 Å². The van der Waals surface area contributed by atoms with Crippen molar-refractivity contribution in [2.24, 2.45) is 5.73 Å². The topological polar surface area (TPSA) is 26.0 Å². The highest BCUT2D eigenvalue weighted by Gasteiger charge is 2.10. The van der Waals surface area contributed by atoms with Gasteiger partial charge in [-0.15, -0.1) is 0 Å². The molecule has 0 aliphatic rings. The number of halogens is 2. The zero-order chi connectivity index (χ0) is 13.1.